The fourth-order valence-corrected chi connectivity index (χ4v) is 3.47. The Labute approximate surface area is 142 Å². The lowest BCUT2D eigenvalue weighted by molar-refractivity contribution is -0.385. The monoisotopic (exact) mass is 372 g/mol. The normalized spacial score (nSPS) is 11.5. The number of nitrogens with zero attached hydrogens (tertiary/aromatic N) is 1. The maximum absolute atomic E-state index is 12.4. The molecule has 0 radical (unpaired) electrons. The zero-order chi connectivity index (χ0) is 18.6. The van der Waals surface area contributed by atoms with Gasteiger partial charge in [-0.1, -0.05) is 24.3 Å². The molecule has 0 aromatic heterocycles. The van der Waals surface area contributed by atoms with Crippen molar-refractivity contribution in [3.63, 3.8) is 0 Å². The highest BCUT2D eigenvalue weighted by Crippen LogP contribution is 2.25. The number of halogens is 2. The Morgan fingerprint density at radius 1 is 1.20 bits per heavy atom. The summed E-state index contributed by atoms with van der Waals surface area (Å²) in [5, 5.41) is 10.9. The van der Waals surface area contributed by atoms with Gasteiger partial charge in [-0.3, -0.25) is 10.1 Å². The van der Waals surface area contributed by atoms with Crippen LogP contribution in [0.3, 0.4) is 0 Å². The van der Waals surface area contributed by atoms with Crippen molar-refractivity contribution in [3.8, 4) is 5.75 Å². The van der Waals surface area contributed by atoms with Gasteiger partial charge in [0, 0.05) is 23.7 Å². The zero-order valence-electron chi connectivity index (χ0n) is 13.0. The molecule has 134 valence electrons. The average Bonchev–Trinajstić information content (AvgIpc) is 2.53. The molecule has 2 aromatic rings. The van der Waals surface area contributed by atoms with E-state index in [4.69, 9.17) is 0 Å². The number of benzene rings is 2. The molecule has 0 bridgehead atoms. The van der Waals surface area contributed by atoms with Gasteiger partial charge in [0.15, 0.2) is 0 Å². The molecule has 25 heavy (non-hydrogen) atoms. The SMILES string of the molecule is Cc1c([N+](=O)[O-])cccc1S(=O)(=O)NCc1ccccc1OC(F)F. The second kappa shape index (κ2) is 7.53. The second-order valence-corrected chi connectivity index (χ2v) is 6.70. The van der Waals surface area contributed by atoms with Crippen molar-refractivity contribution in [2.75, 3.05) is 0 Å². The van der Waals surface area contributed by atoms with Gasteiger partial charge in [-0.25, -0.2) is 13.1 Å². The number of alkyl halides is 2. The van der Waals surface area contributed by atoms with Crippen LogP contribution in [-0.2, 0) is 16.6 Å². The van der Waals surface area contributed by atoms with Crippen LogP contribution >= 0.6 is 0 Å². The van der Waals surface area contributed by atoms with Crippen molar-refractivity contribution in [2.45, 2.75) is 25.0 Å². The molecule has 2 rings (SSSR count). The summed E-state index contributed by atoms with van der Waals surface area (Å²) in [5.74, 6) is -0.157. The van der Waals surface area contributed by atoms with Crippen molar-refractivity contribution < 1.29 is 26.9 Å². The van der Waals surface area contributed by atoms with E-state index in [1.54, 1.807) is 6.07 Å². The number of nitro benzene ring substituents is 1. The summed E-state index contributed by atoms with van der Waals surface area (Å²) in [7, 11) is -4.09. The number of sulfonamides is 1. The van der Waals surface area contributed by atoms with Crippen LogP contribution in [0, 0.1) is 17.0 Å². The van der Waals surface area contributed by atoms with E-state index >= 15 is 0 Å². The summed E-state index contributed by atoms with van der Waals surface area (Å²) in [6, 6.07) is 9.41. The van der Waals surface area contributed by atoms with Crippen molar-refractivity contribution in [2.24, 2.45) is 0 Å². The molecule has 0 fully saturated rings. The largest absolute Gasteiger partial charge is 0.434 e. The van der Waals surface area contributed by atoms with Gasteiger partial charge in [0.1, 0.15) is 5.75 Å². The minimum Gasteiger partial charge on any atom is -0.434 e. The standard InChI is InChI=1S/C15H14F2N2O5S/c1-10-12(19(20)21)6-4-8-14(10)25(22,23)18-9-11-5-2-3-7-13(11)24-15(16)17/h2-8,15,18H,9H2,1H3. The van der Waals surface area contributed by atoms with Gasteiger partial charge in [0.05, 0.1) is 9.82 Å². The first kappa shape index (κ1) is 18.7. The van der Waals surface area contributed by atoms with Gasteiger partial charge in [-0.15, -0.1) is 0 Å². The molecule has 0 saturated carbocycles. The molecule has 0 saturated heterocycles. The molecule has 2 aromatic carbocycles. The Hall–Kier alpha value is -2.59. The molecule has 0 aliphatic carbocycles. The van der Waals surface area contributed by atoms with Crippen LogP contribution in [0.4, 0.5) is 14.5 Å². The van der Waals surface area contributed by atoms with Gasteiger partial charge < -0.3 is 4.74 Å². The summed E-state index contributed by atoms with van der Waals surface area (Å²) < 4.78 is 56.2. The van der Waals surface area contributed by atoms with Crippen molar-refractivity contribution >= 4 is 15.7 Å². The molecular formula is C15H14F2N2O5S. The summed E-state index contributed by atoms with van der Waals surface area (Å²) in [6.07, 6.45) is 0. The van der Waals surface area contributed by atoms with Crippen LogP contribution in [-0.4, -0.2) is 20.0 Å². The number of ether oxygens (including phenoxy) is 1. The number of hydrogen-bond donors (Lipinski definition) is 1. The van der Waals surface area contributed by atoms with Gasteiger partial charge in [0.2, 0.25) is 10.0 Å². The Morgan fingerprint density at radius 2 is 1.88 bits per heavy atom. The van der Waals surface area contributed by atoms with Crippen LogP contribution < -0.4 is 9.46 Å². The van der Waals surface area contributed by atoms with Gasteiger partial charge in [-0.05, 0) is 19.1 Å². The highest BCUT2D eigenvalue weighted by Gasteiger charge is 2.23. The van der Waals surface area contributed by atoms with Crippen molar-refractivity contribution in [3.05, 3.63) is 63.7 Å². The van der Waals surface area contributed by atoms with Crippen molar-refractivity contribution in [1.29, 1.82) is 0 Å². The Morgan fingerprint density at radius 3 is 2.52 bits per heavy atom. The molecule has 1 N–H and O–H groups in total. The zero-order valence-corrected chi connectivity index (χ0v) is 13.8. The average molecular weight is 372 g/mol. The van der Waals surface area contributed by atoms with Crippen LogP contribution in [0.25, 0.3) is 0 Å². The number of nitro groups is 1. The third-order valence-electron chi connectivity index (χ3n) is 3.38. The minimum atomic E-state index is -4.09. The quantitative estimate of drug-likeness (QED) is 0.595. The van der Waals surface area contributed by atoms with E-state index < -0.39 is 21.6 Å². The molecule has 10 heteroatoms. The van der Waals surface area contributed by atoms with E-state index in [9.17, 15) is 27.3 Å². The lowest BCUT2D eigenvalue weighted by Crippen LogP contribution is -2.24. The third-order valence-corrected chi connectivity index (χ3v) is 4.93. The first-order chi connectivity index (χ1) is 11.7. The number of para-hydroxylation sites is 1. The van der Waals surface area contributed by atoms with Crippen LogP contribution in [0.2, 0.25) is 0 Å². The lowest BCUT2D eigenvalue weighted by atomic mass is 10.2. The molecule has 0 spiro atoms. The molecule has 0 aliphatic heterocycles. The first-order valence-electron chi connectivity index (χ1n) is 6.99. The smallest absolute Gasteiger partial charge is 0.387 e. The van der Waals surface area contributed by atoms with E-state index in [1.165, 1.54) is 43.3 Å². The summed E-state index contributed by atoms with van der Waals surface area (Å²) in [4.78, 5) is 9.99. The highest BCUT2D eigenvalue weighted by atomic mass is 32.2. The summed E-state index contributed by atoms with van der Waals surface area (Å²) in [5.41, 5.74) is -0.143. The molecule has 0 atom stereocenters. The Balaban J connectivity index is 2.27. The molecular weight excluding hydrogens is 358 g/mol. The van der Waals surface area contributed by atoms with Gasteiger partial charge in [0.25, 0.3) is 5.69 Å². The highest BCUT2D eigenvalue weighted by molar-refractivity contribution is 7.89. The predicted molar refractivity (Wildman–Crippen MR) is 84.9 cm³/mol. The molecule has 0 unspecified atom stereocenters. The van der Waals surface area contributed by atoms with E-state index in [2.05, 4.69) is 9.46 Å². The fraction of sp³-hybridized carbons (Fsp3) is 0.200. The number of nitrogens with one attached hydrogen (secondary N) is 1. The molecule has 7 nitrogen and oxygen atoms in total. The topological polar surface area (TPSA) is 98.5 Å². The van der Waals surface area contributed by atoms with Gasteiger partial charge >= 0.3 is 6.61 Å². The minimum absolute atomic E-state index is 0.0166. The van der Waals surface area contributed by atoms with Crippen LogP contribution in [0.5, 0.6) is 5.75 Å². The van der Waals surface area contributed by atoms with Crippen LogP contribution in [0.1, 0.15) is 11.1 Å². The van der Waals surface area contributed by atoms with Gasteiger partial charge in [-0.2, -0.15) is 8.78 Å². The Bertz CT molecular complexity index is 887. The second-order valence-electron chi connectivity index (χ2n) is 4.97. The first-order valence-corrected chi connectivity index (χ1v) is 8.47. The third kappa shape index (κ3) is 4.48. The maximum atomic E-state index is 12.4. The molecule has 0 heterocycles. The maximum Gasteiger partial charge on any atom is 0.387 e. The lowest BCUT2D eigenvalue weighted by Gasteiger charge is -2.12. The van der Waals surface area contributed by atoms with E-state index in [0.29, 0.717) is 0 Å². The summed E-state index contributed by atoms with van der Waals surface area (Å²) in [6.45, 7) is -2.04. The molecule has 0 aliphatic rings. The van der Waals surface area contributed by atoms with Crippen LogP contribution in [0.15, 0.2) is 47.4 Å². The number of hydrogen-bond acceptors (Lipinski definition) is 5. The van der Waals surface area contributed by atoms with E-state index in [-0.39, 0.29) is 34.0 Å². The molecule has 0 amide bonds. The van der Waals surface area contributed by atoms with E-state index in [0.717, 1.165) is 0 Å². The number of rotatable bonds is 7. The fourth-order valence-electron chi connectivity index (χ4n) is 2.20. The Kier molecular flexibility index (Phi) is 5.65. The van der Waals surface area contributed by atoms with Crippen molar-refractivity contribution in [1.82, 2.24) is 4.72 Å². The van der Waals surface area contributed by atoms with E-state index in [1.807, 2.05) is 0 Å². The predicted octanol–water partition coefficient (Wildman–Crippen LogP) is 2.98. The summed E-state index contributed by atoms with van der Waals surface area (Å²) >= 11 is 0.